The third-order valence-electron chi connectivity index (χ3n) is 12.9. The molecule has 1 fully saturated rings. The van der Waals surface area contributed by atoms with Crippen LogP contribution in [-0.2, 0) is 23.8 Å². The number of nitrogens with zero attached hydrogens (tertiary/aromatic N) is 1. The highest BCUT2D eigenvalue weighted by atomic mass is 35.5. The summed E-state index contributed by atoms with van der Waals surface area (Å²) in [7, 11) is 1.42. The SMILES string of the molecule is CO[C@H]1/C=C/O[C@@]2(C)Oc3c(C)c(OC(=O)c4ccc(Cl)cc4Cl)c4c(c3C2=O)C(=O)C(N2CCCCC2)=C(NC(=O)/C(C)=C\C=C\[C@H](C)[C@H](O)[C@@H](C)[C@H](O)[C@H](C)[C@H](OC(C)=O)[C@@H]1C)C4=O. The van der Waals surface area contributed by atoms with Crippen molar-refractivity contribution in [2.45, 2.75) is 105 Å². The Bertz CT molecular complexity index is 2450. The highest BCUT2D eigenvalue weighted by molar-refractivity contribution is 6.37. The number of nitrogens with one attached hydrogen (secondary N) is 1. The molecule has 5 bridgehead atoms. The van der Waals surface area contributed by atoms with Crippen LogP contribution in [0.15, 0.2) is 65.7 Å². The lowest BCUT2D eigenvalue weighted by atomic mass is 9.78. The minimum atomic E-state index is -2.17. The molecule has 1 aliphatic carbocycles. The summed E-state index contributed by atoms with van der Waals surface area (Å²) in [6, 6.07) is 4.07. The van der Waals surface area contributed by atoms with Crippen molar-refractivity contribution in [3.05, 3.63) is 104 Å². The molecule has 0 aromatic heterocycles. The number of Topliss-reactive ketones (excluding diaryl/α,β-unsaturated/α-hetero) is 3. The Morgan fingerprint density at radius 1 is 0.894 bits per heavy atom. The number of aliphatic hydroxyl groups excluding tert-OH is 2. The lowest BCUT2D eigenvalue weighted by Crippen LogP contribution is -2.46. The van der Waals surface area contributed by atoms with E-state index < -0.39 is 106 Å². The number of likely N-dealkylation sites (tertiary alicyclic amines) is 1. The van der Waals surface area contributed by atoms with Crippen molar-refractivity contribution in [1.82, 2.24) is 10.2 Å². The highest BCUT2D eigenvalue weighted by Gasteiger charge is 2.53. The molecule has 3 N–H and O–H groups in total. The van der Waals surface area contributed by atoms with Gasteiger partial charge in [-0.1, -0.05) is 69.1 Å². The first-order chi connectivity index (χ1) is 31.1. The fraction of sp³-hybridized carbons (Fsp3) is 0.469. The number of piperidine rings is 1. The first kappa shape index (κ1) is 50.1. The Morgan fingerprint density at radius 2 is 1.58 bits per heavy atom. The number of rotatable bonds is 5. The Balaban J connectivity index is 1.56. The van der Waals surface area contributed by atoms with Crippen LogP contribution in [0.3, 0.4) is 0 Å². The van der Waals surface area contributed by atoms with Gasteiger partial charge in [-0.2, -0.15) is 0 Å². The lowest BCUT2D eigenvalue weighted by molar-refractivity contribution is -0.160. The van der Waals surface area contributed by atoms with Gasteiger partial charge in [-0.3, -0.25) is 24.0 Å². The monoisotopic (exact) mass is 950 g/mol. The predicted molar refractivity (Wildman–Crippen MR) is 243 cm³/mol. The topological polar surface area (TPSA) is 204 Å². The van der Waals surface area contributed by atoms with Crippen molar-refractivity contribution in [1.29, 1.82) is 0 Å². The largest absolute Gasteiger partial charge is 0.462 e. The van der Waals surface area contributed by atoms with Crippen LogP contribution in [0.4, 0.5) is 0 Å². The van der Waals surface area contributed by atoms with Crippen LogP contribution in [0, 0.1) is 30.6 Å². The number of carbonyl (C=O) groups excluding carboxylic acids is 6. The summed E-state index contributed by atoms with van der Waals surface area (Å²) in [5.41, 5.74) is -1.72. The number of allylic oxidation sites excluding steroid dienone is 4. The van der Waals surface area contributed by atoms with Crippen LogP contribution in [0.5, 0.6) is 11.5 Å². The Hall–Kier alpha value is -5.32. The van der Waals surface area contributed by atoms with E-state index in [-0.39, 0.29) is 49.5 Å². The van der Waals surface area contributed by atoms with E-state index >= 15 is 9.59 Å². The Kier molecular flexibility index (Phi) is 15.4. The van der Waals surface area contributed by atoms with Crippen molar-refractivity contribution >= 4 is 58.4 Å². The smallest absolute Gasteiger partial charge is 0.345 e. The number of ketones is 3. The Labute approximate surface area is 393 Å². The first-order valence-corrected chi connectivity index (χ1v) is 22.7. The Morgan fingerprint density at radius 3 is 2.21 bits per heavy atom. The van der Waals surface area contributed by atoms with Crippen LogP contribution in [0.1, 0.15) is 115 Å². The van der Waals surface area contributed by atoms with Gasteiger partial charge in [0.1, 0.15) is 29.0 Å². The quantitative estimate of drug-likeness (QED) is 0.199. The minimum absolute atomic E-state index is 0.0162. The van der Waals surface area contributed by atoms with Crippen LogP contribution >= 0.6 is 23.2 Å². The zero-order chi connectivity index (χ0) is 48.5. The summed E-state index contributed by atoms with van der Waals surface area (Å²) in [6.45, 7) is 13.1. The van der Waals surface area contributed by atoms with E-state index in [4.69, 9.17) is 46.9 Å². The zero-order valence-corrected chi connectivity index (χ0v) is 39.9. The van der Waals surface area contributed by atoms with E-state index in [1.54, 1.807) is 44.7 Å². The molecule has 1 amide bonds. The second kappa shape index (κ2) is 20.3. The van der Waals surface area contributed by atoms with Crippen LogP contribution < -0.4 is 14.8 Å². The molecular formula is C49H56Cl2N2O13. The average Bonchev–Trinajstić information content (AvgIpc) is 3.54. The number of hydrogen-bond acceptors (Lipinski definition) is 14. The molecular weight excluding hydrogens is 895 g/mol. The number of esters is 2. The molecule has 2 aromatic carbocycles. The van der Waals surface area contributed by atoms with Gasteiger partial charge in [-0.05, 0) is 57.4 Å². The average molecular weight is 952 g/mol. The van der Waals surface area contributed by atoms with Gasteiger partial charge in [0.25, 0.3) is 11.7 Å². The van der Waals surface area contributed by atoms with Gasteiger partial charge in [-0.15, -0.1) is 0 Å². The normalized spacial score (nSPS) is 30.4. The number of hydrogen-bond donors (Lipinski definition) is 3. The second-order valence-corrected chi connectivity index (χ2v) is 18.4. The van der Waals surface area contributed by atoms with Gasteiger partial charge < -0.3 is 44.1 Å². The number of methoxy groups -OCH3 is 1. The fourth-order valence-corrected chi connectivity index (χ4v) is 9.50. The molecule has 9 atom stereocenters. The standard InChI is InChI=1S/C49H56Cl2N2O13/c1-23-14-13-15-24(2)47(60)52-37-38(53-19-11-10-12-20-53)42(58)34-35(41(37)57)44(65-48(61)31-17-16-30(50)22-32(31)51)28(6)45-36(34)46(59)49(8,66-45)63-21-18-33(62-9)25(3)43(64-29(7)54)27(5)40(56)26(4)39(23)55/h13-18,21-23,25-27,33,39-40,43,55-56H,10-12,19-20H2,1-9H3,(H,52,60)/b14-13+,21-18+,24-15-/t23-,25+,26+,27-,33-,39-,40-,43+,49-/m0/s1. The molecule has 0 spiro atoms. The van der Waals surface area contributed by atoms with E-state index in [2.05, 4.69) is 5.32 Å². The number of ether oxygens (including phenoxy) is 5. The molecule has 0 unspecified atom stereocenters. The molecule has 2 aromatic rings. The molecule has 1 saturated heterocycles. The van der Waals surface area contributed by atoms with Crippen molar-refractivity contribution in [3.63, 3.8) is 0 Å². The number of aliphatic hydroxyl groups is 2. The van der Waals surface area contributed by atoms with Gasteiger partial charge in [0.15, 0.2) is 0 Å². The minimum Gasteiger partial charge on any atom is -0.462 e. The summed E-state index contributed by atoms with van der Waals surface area (Å²) < 4.78 is 29.9. The number of benzene rings is 2. The van der Waals surface area contributed by atoms with Crippen molar-refractivity contribution < 1.29 is 62.7 Å². The summed E-state index contributed by atoms with van der Waals surface area (Å²) in [6.07, 6.45) is 5.45. The third kappa shape index (κ3) is 9.73. The number of fused-ring (bicyclic) bond motifs is 14. The maximum Gasteiger partial charge on any atom is 0.345 e. The van der Waals surface area contributed by atoms with Gasteiger partial charge >= 0.3 is 17.7 Å². The predicted octanol–water partition coefficient (Wildman–Crippen LogP) is 7.26. The molecule has 4 heterocycles. The van der Waals surface area contributed by atoms with Crippen molar-refractivity contribution in [3.8, 4) is 11.5 Å². The van der Waals surface area contributed by atoms with E-state index in [9.17, 15) is 29.4 Å². The molecule has 15 nitrogen and oxygen atoms in total. The maximum absolute atomic E-state index is 15.3. The molecule has 0 saturated carbocycles. The van der Waals surface area contributed by atoms with E-state index in [0.717, 1.165) is 6.42 Å². The van der Waals surface area contributed by atoms with Gasteiger partial charge in [0, 0.05) is 73.9 Å². The summed E-state index contributed by atoms with van der Waals surface area (Å²) >= 11 is 12.5. The molecule has 354 valence electrons. The zero-order valence-electron chi connectivity index (χ0n) is 38.4. The summed E-state index contributed by atoms with van der Waals surface area (Å²) in [4.78, 5) is 87.4. The van der Waals surface area contributed by atoms with E-state index in [1.165, 1.54) is 71.4 Å². The maximum atomic E-state index is 15.3. The first-order valence-electron chi connectivity index (χ1n) is 21.9. The van der Waals surface area contributed by atoms with Crippen molar-refractivity contribution in [2.75, 3.05) is 20.2 Å². The van der Waals surface area contributed by atoms with Crippen LogP contribution in [0.25, 0.3) is 0 Å². The van der Waals surface area contributed by atoms with Crippen LogP contribution in [0.2, 0.25) is 10.0 Å². The van der Waals surface area contributed by atoms with Gasteiger partial charge in [0.05, 0.1) is 51.9 Å². The molecule has 0 radical (unpaired) electrons. The van der Waals surface area contributed by atoms with Gasteiger partial charge in [-0.25, -0.2) is 4.79 Å². The van der Waals surface area contributed by atoms with E-state index in [1.807, 2.05) is 0 Å². The third-order valence-corrected chi connectivity index (χ3v) is 13.5. The lowest BCUT2D eigenvalue weighted by Gasteiger charge is -2.38. The number of carbonyl (C=O) groups is 6. The molecule has 17 heteroatoms. The molecule has 7 rings (SSSR count). The van der Waals surface area contributed by atoms with E-state index in [0.29, 0.717) is 25.9 Å². The highest BCUT2D eigenvalue weighted by Crippen LogP contribution is 2.50. The van der Waals surface area contributed by atoms with Gasteiger partial charge in [0.2, 0.25) is 11.6 Å². The van der Waals surface area contributed by atoms with Crippen LogP contribution in [-0.4, -0.2) is 101 Å². The molecule has 66 heavy (non-hydrogen) atoms. The second-order valence-electron chi connectivity index (χ2n) is 17.6. The van der Waals surface area contributed by atoms with Crippen molar-refractivity contribution in [2.24, 2.45) is 23.7 Å². The fourth-order valence-electron chi connectivity index (χ4n) is 9.01. The molecule has 5 aliphatic rings. The number of amides is 1. The summed E-state index contributed by atoms with van der Waals surface area (Å²) in [5, 5.41) is 25.9. The molecule has 4 aliphatic heterocycles. The number of halogens is 2. The summed E-state index contributed by atoms with van der Waals surface area (Å²) in [5.74, 6) is -10.4.